The number of hydrogen-bond donors (Lipinski definition) is 2. The maximum absolute atomic E-state index is 5.44. The predicted octanol–water partition coefficient (Wildman–Crippen LogP) is 3.47. The standard InChI is InChI=1S/C17H14N4S/c18-16(22)21-17-19-11-10-15(20-17)14-8-6-13(7-9-14)12-4-2-1-3-5-12/h1-11H,(H3,18,19,20,21,22). The minimum atomic E-state index is 0.150. The topological polar surface area (TPSA) is 63.8 Å². The van der Waals surface area contributed by atoms with Crippen molar-refractivity contribution in [2.45, 2.75) is 0 Å². The van der Waals surface area contributed by atoms with Crippen molar-refractivity contribution < 1.29 is 0 Å². The minimum Gasteiger partial charge on any atom is -0.376 e. The van der Waals surface area contributed by atoms with Gasteiger partial charge in [-0.15, -0.1) is 0 Å². The molecule has 22 heavy (non-hydrogen) atoms. The largest absolute Gasteiger partial charge is 0.376 e. The van der Waals surface area contributed by atoms with Crippen molar-refractivity contribution in [1.29, 1.82) is 0 Å². The zero-order valence-corrected chi connectivity index (χ0v) is 12.5. The second-order valence-corrected chi connectivity index (χ2v) is 5.14. The van der Waals surface area contributed by atoms with E-state index in [0.29, 0.717) is 5.95 Å². The van der Waals surface area contributed by atoms with E-state index in [1.54, 1.807) is 6.20 Å². The number of rotatable bonds is 3. The molecule has 0 aliphatic rings. The molecule has 3 N–H and O–H groups in total. The van der Waals surface area contributed by atoms with Crippen molar-refractivity contribution in [1.82, 2.24) is 9.97 Å². The molecule has 0 unspecified atom stereocenters. The Morgan fingerprint density at radius 2 is 1.50 bits per heavy atom. The normalized spacial score (nSPS) is 10.2. The second-order valence-electron chi connectivity index (χ2n) is 4.70. The smallest absolute Gasteiger partial charge is 0.229 e. The van der Waals surface area contributed by atoms with Crippen molar-refractivity contribution in [3.05, 3.63) is 66.9 Å². The van der Waals surface area contributed by atoms with Crippen LogP contribution < -0.4 is 11.1 Å². The summed E-state index contributed by atoms with van der Waals surface area (Å²) in [6, 6.07) is 20.3. The summed E-state index contributed by atoms with van der Waals surface area (Å²) in [5.74, 6) is 0.400. The molecule has 0 saturated heterocycles. The number of nitrogens with two attached hydrogens (primary N) is 1. The lowest BCUT2D eigenvalue weighted by atomic mass is 10.0. The summed E-state index contributed by atoms with van der Waals surface area (Å²) in [6.45, 7) is 0. The SMILES string of the molecule is NC(=S)Nc1nccc(-c2ccc(-c3ccccc3)cc2)n1. The van der Waals surface area contributed by atoms with Gasteiger partial charge < -0.3 is 11.1 Å². The molecule has 1 heterocycles. The fourth-order valence-electron chi connectivity index (χ4n) is 2.15. The van der Waals surface area contributed by atoms with E-state index < -0.39 is 0 Å². The molecule has 108 valence electrons. The Balaban J connectivity index is 1.88. The lowest BCUT2D eigenvalue weighted by Crippen LogP contribution is -2.20. The average molecular weight is 306 g/mol. The summed E-state index contributed by atoms with van der Waals surface area (Å²) in [6.07, 6.45) is 1.67. The molecule has 0 radical (unpaired) electrons. The molecule has 0 saturated carbocycles. The van der Waals surface area contributed by atoms with E-state index in [2.05, 4.69) is 39.6 Å². The lowest BCUT2D eigenvalue weighted by molar-refractivity contribution is 1.18. The molecule has 0 amide bonds. The van der Waals surface area contributed by atoms with E-state index in [9.17, 15) is 0 Å². The van der Waals surface area contributed by atoms with Crippen molar-refractivity contribution in [3.63, 3.8) is 0 Å². The fourth-order valence-corrected chi connectivity index (χ4v) is 2.25. The van der Waals surface area contributed by atoms with Crippen LogP contribution in [0.3, 0.4) is 0 Å². The van der Waals surface area contributed by atoms with Gasteiger partial charge in [0.1, 0.15) is 0 Å². The Labute approximate surface area is 134 Å². The van der Waals surface area contributed by atoms with E-state index in [4.69, 9.17) is 18.0 Å². The minimum absolute atomic E-state index is 0.150. The van der Waals surface area contributed by atoms with E-state index >= 15 is 0 Å². The van der Waals surface area contributed by atoms with Crippen LogP contribution in [0.2, 0.25) is 0 Å². The van der Waals surface area contributed by atoms with Gasteiger partial charge in [0.25, 0.3) is 0 Å². The molecular weight excluding hydrogens is 292 g/mol. The third-order valence-corrected chi connectivity index (χ3v) is 3.28. The van der Waals surface area contributed by atoms with Crippen LogP contribution in [-0.4, -0.2) is 15.1 Å². The van der Waals surface area contributed by atoms with Gasteiger partial charge in [0.05, 0.1) is 5.69 Å². The fraction of sp³-hybridized carbons (Fsp3) is 0. The van der Waals surface area contributed by atoms with E-state index in [1.165, 1.54) is 11.1 Å². The van der Waals surface area contributed by atoms with Gasteiger partial charge in [0.2, 0.25) is 5.95 Å². The number of benzene rings is 2. The summed E-state index contributed by atoms with van der Waals surface area (Å²) in [7, 11) is 0. The first-order chi connectivity index (χ1) is 10.7. The third-order valence-electron chi connectivity index (χ3n) is 3.18. The van der Waals surface area contributed by atoms with E-state index in [1.807, 2.05) is 36.4 Å². The van der Waals surface area contributed by atoms with Crippen LogP contribution >= 0.6 is 12.2 Å². The molecule has 3 aromatic rings. The highest BCUT2D eigenvalue weighted by Crippen LogP contribution is 2.23. The predicted molar refractivity (Wildman–Crippen MR) is 93.3 cm³/mol. The molecule has 0 spiro atoms. The van der Waals surface area contributed by atoms with Crippen LogP contribution in [0.25, 0.3) is 22.4 Å². The van der Waals surface area contributed by atoms with Gasteiger partial charge in [-0.2, -0.15) is 0 Å². The first kappa shape index (κ1) is 14.2. The number of anilines is 1. The first-order valence-corrected chi connectivity index (χ1v) is 7.18. The summed E-state index contributed by atoms with van der Waals surface area (Å²) in [4.78, 5) is 8.48. The van der Waals surface area contributed by atoms with Crippen LogP contribution in [0.15, 0.2) is 66.9 Å². The molecule has 4 nitrogen and oxygen atoms in total. The lowest BCUT2D eigenvalue weighted by Gasteiger charge is -2.06. The molecular formula is C17H14N4S. The quantitative estimate of drug-likeness (QED) is 0.725. The van der Waals surface area contributed by atoms with Gasteiger partial charge in [-0.25, -0.2) is 9.97 Å². The number of thiocarbonyl (C=S) groups is 1. The molecule has 0 atom stereocenters. The van der Waals surface area contributed by atoms with Crippen molar-refractivity contribution in [2.75, 3.05) is 5.32 Å². The van der Waals surface area contributed by atoms with Crippen molar-refractivity contribution in [3.8, 4) is 22.4 Å². The van der Waals surface area contributed by atoms with E-state index in [-0.39, 0.29) is 5.11 Å². The number of aromatic nitrogens is 2. The summed E-state index contributed by atoms with van der Waals surface area (Å²) >= 11 is 4.80. The first-order valence-electron chi connectivity index (χ1n) is 6.78. The maximum Gasteiger partial charge on any atom is 0.229 e. The summed E-state index contributed by atoms with van der Waals surface area (Å²) in [5, 5.41) is 2.89. The number of nitrogens with zero attached hydrogens (tertiary/aromatic N) is 2. The average Bonchev–Trinajstić information content (AvgIpc) is 2.55. The van der Waals surface area contributed by atoms with E-state index in [0.717, 1.165) is 11.3 Å². The van der Waals surface area contributed by atoms with Crippen LogP contribution in [0.5, 0.6) is 0 Å². The molecule has 0 fully saturated rings. The van der Waals surface area contributed by atoms with Crippen molar-refractivity contribution >= 4 is 23.3 Å². The molecule has 5 heteroatoms. The summed E-state index contributed by atoms with van der Waals surface area (Å²) < 4.78 is 0. The van der Waals surface area contributed by atoms with Gasteiger partial charge in [-0.05, 0) is 29.4 Å². The van der Waals surface area contributed by atoms with Gasteiger partial charge in [-0.1, -0.05) is 54.6 Å². The van der Waals surface area contributed by atoms with Crippen LogP contribution in [0.1, 0.15) is 0 Å². The number of nitrogens with one attached hydrogen (secondary N) is 1. The maximum atomic E-state index is 5.44. The highest BCUT2D eigenvalue weighted by Gasteiger charge is 2.04. The van der Waals surface area contributed by atoms with Crippen LogP contribution in [0.4, 0.5) is 5.95 Å². The zero-order valence-electron chi connectivity index (χ0n) is 11.7. The third kappa shape index (κ3) is 3.27. The molecule has 0 aliphatic carbocycles. The van der Waals surface area contributed by atoms with Gasteiger partial charge in [0, 0.05) is 11.8 Å². The highest BCUT2D eigenvalue weighted by atomic mass is 32.1. The Bertz CT molecular complexity index is 785. The van der Waals surface area contributed by atoms with Gasteiger partial charge in [-0.3, -0.25) is 0 Å². The van der Waals surface area contributed by atoms with Crippen molar-refractivity contribution in [2.24, 2.45) is 5.73 Å². The molecule has 0 bridgehead atoms. The Morgan fingerprint density at radius 3 is 2.18 bits per heavy atom. The Hall–Kier alpha value is -2.79. The summed E-state index contributed by atoms with van der Waals surface area (Å²) in [5.41, 5.74) is 9.61. The molecule has 3 rings (SSSR count). The zero-order chi connectivity index (χ0) is 15.4. The Morgan fingerprint density at radius 1 is 0.864 bits per heavy atom. The number of hydrogen-bond acceptors (Lipinski definition) is 3. The molecule has 2 aromatic carbocycles. The van der Waals surface area contributed by atoms with Crippen LogP contribution in [0, 0.1) is 0 Å². The molecule has 1 aromatic heterocycles. The Kier molecular flexibility index (Phi) is 4.07. The van der Waals surface area contributed by atoms with Crippen LogP contribution in [-0.2, 0) is 0 Å². The molecule has 0 aliphatic heterocycles. The monoisotopic (exact) mass is 306 g/mol. The van der Waals surface area contributed by atoms with Gasteiger partial charge in [0.15, 0.2) is 5.11 Å². The van der Waals surface area contributed by atoms with Gasteiger partial charge >= 0.3 is 0 Å². The second kappa shape index (κ2) is 6.32. The highest BCUT2D eigenvalue weighted by molar-refractivity contribution is 7.80.